The highest BCUT2D eigenvalue weighted by atomic mass is 19.1. The minimum Gasteiger partial charge on any atom is -0.493 e. The van der Waals surface area contributed by atoms with Gasteiger partial charge in [-0.05, 0) is 30.5 Å². The lowest BCUT2D eigenvalue weighted by Crippen LogP contribution is -2.21. The van der Waals surface area contributed by atoms with Gasteiger partial charge in [0.25, 0.3) is 0 Å². The molecule has 16 heavy (non-hydrogen) atoms. The standard InChI is InChI=1S/C12H15F2NO/c1-16-11-9(12(7-15)2-3-12)4-8(6-13)5-10(11)14/h4-5H,2-3,6-7,15H2,1H3. The predicted octanol–water partition coefficient (Wildman–Crippen LogP) is 2.29. The van der Waals surface area contributed by atoms with Crippen LogP contribution in [0.2, 0.25) is 0 Å². The van der Waals surface area contributed by atoms with E-state index in [2.05, 4.69) is 0 Å². The molecular formula is C12H15F2NO. The third kappa shape index (κ3) is 1.67. The molecule has 1 saturated carbocycles. The number of benzene rings is 1. The van der Waals surface area contributed by atoms with Gasteiger partial charge < -0.3 is 10.5 Å². The maximum Gasteiger partial charge on any atom is 0.165 e. The van der Waals surface area contributed by atoms with E-state index >= 15 is 0 Å². The molecule has 1 aromatic rings. The van der Waals surface area contributed by atoms with Gasteiger partial charge in [0.05, 0.1) is 7.11 Å². The van der Waals surface area contributed by atoms with E-state index in [1.807, 2.05) is 0 Å². The second-order valence-electron chi connectivity index (χ2n) is 4.28. The number of halogens is 2. The smallest absolute Gasteiger partial charge is 0.165 e. The van der Waals surface area contributed by atoms with E-state index in [0.717, 1.165) is 12.8 Å². The molecule has 0 radical (unpaired) electrons. The highest BCUT2D eigenvalue weighted by Gasteiger charge is 2.45. The van der Waals surface area contributed by atoms with E-state index in [4.69, 9.17) is 10.5 Å². The second kappa shape index (κ2) is 4.01. The summed E-state index contributed by atoms with van der Waals surface area (Å²) in [5.74, 6) is -0.299. The average Bonchev–Trinajstić information content (AvgIpc) is 3.08. The zero-order chi connectivity index (χ0) is 11.8. The predicted molar refractivity (Wildman–Crippen MR) is 57.7 cm³/mol. The van der Waals surface area contributed by atoms with Gasteiger partial charge in [0.2, 0.25) is 0 Å². The summed E-state index contributed by atoms with van der Waals surface area (Å²) in [6.07, 6.45) is 1.82. The molecule has 88 valence electrons. The minimum absolute atomic E-state index is 0.197. The number of rotatable bonds is 4. The Morgan fingerprint density at radius 2 is 2.12 bits per heavy atom. The van der Waals surface area contributed by atoms with Gasteiger partial charge >= 0.3 is 0 Å². The van der Waals surface area contributed by atoms with Crippen LogP contribution in [0.15, 0.2) is 12.1 Å². The van der Waals surface area contributed by atoms with E-state index < -0.39 is 12.5 Å². The lowest BCUT2D eigenvalue weighted by molar-refractivity contribution is 0.374. The SMILES string of the molecule is COc1c(F)cc(CF)cc1C1(CN)CC1. The van der Waals surface area contributed by atoms with Crippen molar-refractivity contribution in [3.05, 3.63) is 29.1 Å². The molecule has 2 N–H and O–H groups in total. The topological polar surface area (TPSA) is 35.2 Å². The van der Waals surface area contributed by atoms with Crippen molar-refractivity contribution in [1.82, 2.24) is 0 Å². The summed E-state index contributed by atoms with van der Waals surface area (Å²) in [5.41, 5.74) is 6.55. The van der Waals surface area contributed by atoms with Crippen molar-refractivity contribution in [3.63, 3.8) is 0 Å². The van der Waals surface area contributed by atoms with Gasteiger partial charge in [0.15, 0.2) is 11.6 Å². The summed E-state index contributed by atoms with van der Waals surface area (Å²) in [5, 5.41) is 0. The minimum atomic E-state index is -0.672. The zero-order valence-corrected chi connectivity index (χ0v) is 9.22. The number of hydrogen-bond donors (Lipinski definition) is 1. The normalized spacial score (nSPS) is 17.2. The van der Waals surface area contributed by atoms with Gasteiger partial charge in [0.1, 0.15) is 6.67 Å². The van der Waals surface area contributed by atoms with Crippen LogP contribution in [0.3, 0.4) is 0 Å². The Kier molecular flexibility index (Phi) is 2.84. The molecule has 0 unspecified atom stereocenters. The van der Waals surface area contributed by atoms with Crippen LogP contribution in [-0.2, 0) is 12.1 Å². The summed E-state index contributed by atoms with van der Waals surface area (Å²) < 4.78 is 31.3. The molecule has 0 amide bonds. The van der Waals surface area contributed by atoms with E-state index in [1.165, 1.54) is 13.2 Å². The summed E-state index contributed by atoms with van der Waals surface area (Å²) in [4.78, 5) is 0. The molecule has 0 bridgehead atoms. The van der Waals surface area contributed by atoms with Crippen molar-refractivity contribution in [1.29, 1.82) is 0 Å². The van der Waals surface area contributed by atoms with Crippen molar-refractivity contribution in [2.24, 2.45) is 5.73 Å². The number of ether oxygens (including phenoxy) is 1. The van der Waals surface area contributed by atoms with E-state index in [1.54, 1.807) is 6.07 Å². The molecule has 0 aliphatic heterocycles. The van der Waals surface area contributed by atoms with Crippen molar-refractivity contribution in [2.45, 2.75) is 24.9 Å². The number of nitrogens with two attached hydrogens (primary N) is 1. The molecule has 0 heterocycles. The Balaban J connectivity index is 2.53. The van der Waals surface area contributed by atoms with Gasteiger partial charge in [-0.1, -0.05) is 0 Å². The molecule has 0 spiro atoms. The lowest BCUT2D eigenvalue weighted by Gasteiger charge is -2.18. The van der Waals surface area contributed by atoms with Crippen LogP contribution in [-0.4, -0.2) is 13.7 Å². The fraction of sp³-hybridized carbons (Fsp3) is 0.500. The van der Waals surface area contributed by atoms with Crippen LogP contribution in [0.25, 0.3) is 0 Å². The first-order valence-electron chi connectivity index (χ1n) is 5.30. The van der Waals surface area contributed by atoms with E-state index in [-0.39, 0.29) is 11.2 Å². The largest absolute Gasteiger partial charge is 0.493 e. The molecule has 2 nitrogen and oxygen atoms in total. The van der Waals surface area contributed by atoms with Crippen LogP contribution < -0.4 is 10.5 Å². The number of hydrogen-bond acceptors (Lipinski definition) is 2. The Morgan fingerprint density at radius 3 is 2.56 bits per heavy atom. The maximum atomic E-state index is 13.7. The summed E-state index contributed by atoms with van der Waals surface area (Å²) >= 11 is 0. The molecule has 1 aliphatic carbocycles. The Morgan fingerprint density at radius 1 is 1.44 bits per heavy atom. The lowest BCUT2D eigenvalue weighted by atomic mass is 9.93. The molecule has 0 aromatic heterocycles. The van der Waals surface area contributed by atoms with Crippen molar-refractivity contribution in [3.8, 4) is 5.75 Å². The van der Waals surface area contributed by atoms with E-state index in [0.29, 0.717) is 17.7 Å². The van der Waals surface area contributed by atoms with Crippen molar-refractivity contribution >= 4 is 0 Å². The molecular weight excluding hydrogens is 212 g/mol. The molecule has 1 fully saturated rings. The summed E-state index contributed by atoms with van der Waals surface area (Å²) in [6.45, 7) is -0.229. The van der Waals surface area contributed by atoms with Gasteiger partial charge in [-0.3, -0.25) is 0 Å². The molecule has 0 saturated heterocycles. The molecule has 0 atom stereocenters. The first kappa shape index (κ1) is 11.3. The number of alkyl halides is 1. The third-order valence-electron chi connectivity index (χ3n) is 3.28. The van der Waals surface area contributed by atoms with Gasteiger partial charge in [0, 0.05) is 17.5 Å². The summed E-state index contributed by atoms with van der Waals surface area (Å²) in [6, 6.07) is 2.84. The average molecular weight is 227 g/mol. The van der Waals surface area contributed by atoms with Gasteiger partial charge in [-0.25, -0.2) is 8.78 Å². The molecule has 2 rings (SSSR count). The third-order valence-corrected chi connectivity index (χ3v) is 3.28. The molecule has 1 aliphatic rings. The van der Waals surface area contributed by atoms with Crippen LogP contribution in [0, 0.1) is 5.82 Å². The van der Waals surface area contributed by atoms with Crippen LogP contribution in [0.4, 0.5) is 8.78 Å². The first-order chi connectivity index (χ1) is 7.66. The van der Waals surface area contributed by atoms with Crippen LogP contribution in [0.1, 0.15) is 24.0 Å². The molecule has 4 heteroatoms. The Bertz CT molecular complexity index is 402. The zero-order valence-electron chi connectivity index (χ0n) is 9.22. The Hall–Kier alpha value is -1.16. The van der Waals surface area contributed by atoms with Gasteiger partial charge in [-0.15, -0.1) is 0 Å². The van der Waals surface area contributed by atoms with E-state index in [9.17, 15) is 8.78 Å². The Labute approximate surface area is 93.4 Å². The fourth-order valence-electron chi connectivity index (χ4n) is 2.06. The van der Waals surface area contributed by atoms with Crippen LogP contribution in [0.5, 0.6) is 5.75 Å². The first-order valence-corrected chi connectivity index (χ1v) is 5.30. The summed E-state index contributed by atoms with van der Waals surface area (Å²) in [7, 11) is 1.42. The highest BCUT2D eigenvalue weighted by Crippen LogP contribution is 2.51. The van der Waals surface area contributed by atoms with Gasteiger partial charge in [-0.2, -0.15) is 0 Å². The highest BCUT2D eigenvalue weighted by molar-refractivity contribution is 5.47. The quantitative estimate of drug-likeness (QED) is 0.856. The monoisotopic (exact) mass is 227 g/mol. The van der Waals surface area contributed by atoms with Crippen molar-refractivity contribution < 1.29 is 13.5 Å². The van der Waals surface area contributed by atoms with Crippen LogP contribution >= 0.6 is 0 Å². The maximum absolute atomic E-state index is 13.7. The number of methoxy groups -OCH3 is 1. The molecule has 1 aromatic carbocycles. The fourth-order valence-corrected chi connectivity index (χ4v) is 2.06. The second-order valence-corrected chi connectivity index (χ2v) is 4.28. The van der Waals surface area contributed by atoms with Crippen molar-refractivity contribution in [2.75, 3.05) is 13.7 Å².